The van der Waals surface area contributed by atoms with E-state index in [9.17, 15) is 0 Å². The van der Waals surface area contributed by atoms with Gasteiger partial charge in [-0.3, -0.25) is 14.8 Å². The first-order chi connectivity index (χ1) is 23.7. The van der Waals surface area contributed by atoms with Crippen LogP contribution in [-0.4, -0.2) is 53.1 Å². The van der Waals surface area contributed by atoms with E-state index < -0.39 is 5.97 Å². The molecule has 0 amide bonds. The van der Waals surface area contributed by atoms with Crippen molar-refractivity contribution in [3.63, 3.8) is 0 Å². The van der Waals surface area contributed by atoms with Crippen LogP contribution in [0.2, 0.25) is 5.28 Å². The molecule has 2 aromatic carbocycles. The Morgan fingerprint density at radius 2 is 1.29 bits per heavy atom. The Labute approximate surface area is 289 Å². The third-order valence-corrected chi connectivity index (χ3v) is 7.50. The average Bonchev–Trinajstić information content (AvgIpc) is 4.03. The maximum absolute atomic E-state index is 9.00. The fraction of sp³-hybridized carbons (Fsp3) is 0.250. The van der Waals surface area contributed by atoms with Crippen LogP contribution >= 0.6 is 11.6 Å². The van der Waals surface area contributed by atoms with Crippen molar-refractivity contribution in [1.29, 1.82) is 0 Å². The van der Waals surface area contributed by atoms with Gasteiger partial charge in [-0.25, -0.2) is 15.0 Å². The van der Waals surface area contributed by atoms with Gasteiger partial charge >= 0.3 is 0 Å². The Morgan fingerprint density at radius 3 is 1.88 bits per heavy atom. The van der Waals surface area contributed by atoms with Crippen molar-refractivity contribution in [2.45, 2.75) is 58.5 Å². The molecule has 0 aliphatic heterocycles. The standard InChI is InChI=1S/C17H17N5.C9H8N2.C8H10ClN3.C2H4O2/c1-11-10-19-17(22-16(11)20-12-7-8-12)21-15-6-2-5-14-13(15)4-3-9-18-14;10-8-4-1-5-9-7(8)3-2-6-11-9;1-5-4-10-8(9)12-7(5)11-6-2-3-6;1-2(3)4/h2-6,9-10,12H,7-8H2,1H3,(H2,19,20,21,22);1-6H,10H2;4,6H,2-3H2,1H3,(H,10,11,12);1H3,(H,3,4). The molecule has 0 bridgehead atoms. The lowest BCUT2D eigenvalue weighted by Gasteiger charge is -2.11. The molecule has 49 heavy (non-hydrogen) atoms. The zero-order chi connectivity index (χ0) is 34.8. The summed E-state index contributed by atoms with van der Waals surface area (Å²) in [5.41, 5.74) is 11.5. The van der Waals surface area contributed by atoms with E-state index in [0.29, 0.717) is 23.3 Å². The summed E-state index contributed by atoms with van der Waals surface area (Å²) in [6.07, 6.45) is 12.1. The topological polar surface area (TPSA) is 177 Å². The summed E-state index contributed by atoms with van der Waals surface area (Å²) in [7, 11) is 0. The molecule has 12 nitrogen and oxygen atoms in total. The van der Waals surface area contributed by atoms with E-state index in [0.717, 1.165) is 62.9 Å². The Morgan fingerprint density at radius 1 is 0.755 bits per heavy atom. The number of hydrogen-bond acceptors (Lipinski definition) is 11. The van der Waals surface area contributed by atoms with Crippen LogP contribution < -0.4 is 21.7 Å². The highest BCUT2D eigenvalue weighted by Crippen LogP contribution is 2.28. The number of carbonyl (C=O) groups is 1. The fourth-order valence-electron chi connectivity index (χ4n) is 4.52. The molecular weight excluding hydrogens is 640 g/mol. The molecule has 0 spiro atoms. The minimum absolute atomic E-state index is 0.309. The van der Waals surface area contributed by atoms with E-state index >= 15 is 0 Å². The molecule has 252 valence electrons. The second kappa shape index (κ2) is 16.5. The van der Waals surface area contributed by atoms with Gasteiger partial charge in [-0.1, -0.05) is 12.1 Å². The number of hydrogen-bond donors (Lipinski definition) is 5. The van der Waals surface area contributed by atoms with E-state index in [1.54, 1.807) is 18.6 Å². The first-order valence-corrected chi connectivity index (χ1v) is 16.3. The number of aliphatic carboxylic acids is 1. The molecule has 4 heterocycles. The summed E-state index contributed by atoms with van der Waals surface area (Å²) < 4.78 is 0. The van der Waals surface area contributed by atoms with E-state index in [2.05, 4.69) is 45.9 Å². The maximum atomic E-state index is 9.00. The number of aromatic nitrogens is 6. The number of aryl methyl sites for hydroxylation is 2. The summed E-state index contributed by atoms with van der Waals surface area (Å²) >= 11 is 5.66. The molecule has 4 aromatic heterocycles. The molecule has 13 heteroatoms. The monoisotopic (exact) mass is 678 g/mol. The fourth-order valence-corrected chi connectivity index (χ4v) is 4.65. The van der Waals surface area contributed by atoms with Crippen LogP contribution in [0.4, 0.5) is 29.0 Å². The number of nitrogen functional groups attached to an aromatic ring is 1. The van der Waals surface area contributed by atoms with Crippen LogP contribution in [-0.2, 0) is 4.79 Å². The van der Waals surface area contributed by atoms with Crippen molar-refractivity contribution >= 4 is 68.3 Å². The average molecular weight is 679 g/mol. The predicted molar refractivity (Wildman–Crippen MR) is 196 cm³/mol. The van der Waals surface area contributed by atoms with Crippen LogP contribution in [0.5, 0.6) is 0 Å². The lowest BCUT2D eigenvalue weighted by atomic mass is 10.2. The van der Waals surface area contributed by atoms with Crippen molar-refractivity contribution in [2.75, 3.05) is 21.7 Å². The molecule has 2 aliphatic rings. The highest BCUT2D eigenvalue weighted by atomic mass is 35.5. The molecule has 0 radical (unpaired) electrons. The first kappa shape index (κ1) is 34.7. The summed E-state index contributed by atoms with van der Waals surface area (Å²) in [6.45, 7) is 5.08. The zero-order valence-corrected chi connectivity index (χ0v) is 28.3. The van der Waals surface area contributed by atoms with Gasteiger partial charge in [0, 0.05) is 71.4 Å². The van der Waals surface area contributed by atoms with Gasteiger partial charge in [0.15, 0.2) is 0 Å². The number of anilines is 5. The summed E-state index contributed by atoms with van der Waals surface area (Å²) in [6, 6.07) is 20.7. The van der Waals surface area contributed by atoms with Crippen LogP contribution in [0.3, 0.4) is 0 Å². The van der Waals surface area contributed by atoms with Crippen molar-refractivity contribution in [2.24, 2.45) is 0 Å². The number of fused-ring (bicyclic) bond motifs is 2. The van der Waals surface area contributed by atoms with Gasteiger partial charge in [-0.15, -0.1) is 0 Å². The number of benzene rings is 2. The van der Waals surface area contributed by atoms with Crippen LogP contribution in [0.1, 0.15) is 43.7 Å². The van der Waals surface area contributed by atoms with Gasteiger partial charge in [0.05, 0.1) is 16.7 Å². The number of nitrogens with one attached hydrogen (secondary N) is 3. The minimum Gasteiger partial charge on any atom is -0.481 e. The van der Waals surface area contributed by atoms with Gasteiger partial charge < -0.3 is 26.8 Å². The Balaban J connectivity index is 0.000000147. The van der Waals surface area contributed by atoms with E-state index in [4.69, 9.17) is 27.2 Å². The molecule has 2 saturated carbocycles. The highest BCUT2D eigenvalue weighted by molar-refractivity contribution is 6.28. The number of rotatable bonds is 6. The molecule has 0 saturated heterocycles. The second-order valence-electron chi connectivity index (χ2n) is 11.7. The largest absolute Gasteiger partial charge is 0.481 e. The third-order valence-electron chi connectivity index (χ3n) is 7.32. The lowest BCUT2D eigenvalue weighted by Crippen LogP contribution is -2.07. The molecule has 8 rings (SSSR count). The number of halogens is 1. The smallest absolute Gasteiger partial charge is 0.300 e. The van der Waals surface area contributed by atoms with Crippen molar-refractivity contribution < 1.29 is 9.90 Å². The summed E-state index contributed by atoms with van der Waals surface area (Å²) in [4.78, 5) is 34.5. The van der Waals surface area contributed by atoms with E-state index in [-0.39, 0.29) is 0 Å². The minimum atomic E-state index is -0.833. The SMILES string of the molecule is CC(=O)O.Cc1cnc(Cl)nc1NC1CC1.Cc1cnc(Nc2cccc3ncccc23)nc1NC1CC1.Nc1cccc2ncccc12. The van der Waals surface area contributed by atoms with Gasteiger partial charge in [-0.05, 0) is 99.7 Å². The van der Waals surface area contributed by atoms with Gasteiger partial charge in [-0.2, -0.15) is 4.98 Å². The molecule has 2 fully saturated rings. The second-order valence-corrected chi connectivity index (χ2v) is 12.0. The van der Waals surface area contributed by atoms with Crippen molar-refractivity contribution in [3.05, 3.63) is 102 Å². The Kier molecular flexibility index (Phi) is 11.7. The van der Waals surface area contributed by atoms with Crippen molar-refractivity contribution in [1.82, 2.24) is 29.9 Å². The highest BCUT2D eigenvalue weighted by Gasteiger charge is 2.23. The number of carboxylic acids is 1. The summed E-state index contributed by atoms with van der Waals surface area (Å²) in [5.74, 6) is 1.56. The molecular formula is C36H39ClN10O2. The van der Waals surface area contributed by atoms with Crippen LogP contribution in [0, 0.1) is 13.8 Å². The van der Waals surface area contributed by atoms with E-state index in [1.807, 2.05) is 80.7 Å². The van der Waals surface area contributed by atoms with Crippen LogP contribution in [0.15, 0.2) is 85.5 Å². The molecule has 2 aliphatic carbocycles. The zero-order valence-electron chi connectivity index (χ0n) is 27.6. The Bertz CT molecular complexity index is 2020. The maximum Gasteiger partial charge on any atom is 0.300 e. The lowest BCUT2D eigenvalue weighted by molar-refractivity contribution is -0.134. The first-order valence-electron chi connectivity index (χ1n) is 15.9. The summed E-state index contributed by atoms with van der Waals surface area (Å²) in [5, 5.41) is 19.8. The molecule has 6 N–H and O–H groups in total. The van der Waals surface area contributed by atoms with Gasteiger partial charge in [0.1, 0.15) is 11.6 Å². The van der Waals surface area contributed by atoms with Gasteiger partial charge in [0.2, 0.25) is 11.2 Å². The van der Waals surface area contributed by atoms with Crippen LogP contribution in [0.25, 0.3) is 21.8 Å². The van der Waals surface area contributed by atoms with Crippen molar-refractivity contribution in [3.8, 4) is 0 Å². The number of nitrogens with zero attached hydrogens (tertiary/aromatic N) is 6. The predicted octanol–water partition coefficient (Wildman–Crippen LogP) is 7.57. The molecule has 6 aromatic rings. The molecule has 0 atom stereocenters. The quantitative estimate of drug-likeness (QED) is 0.0863. The number of carboxylic acid groups (broad SMARTS) is 1. The van der Waals surface area contributed by atoms with Gasteiger partial charge in [0.25, 0.3) is 5.97 Å². The Hall–Kier alpha value is -5.62. The molecule has 0 unspecified atom stereocenters. The number of nitrogens with two attached hydrogens (primary N) is 1. The normalized spacial score (nSPS) is 13.1. The van der Waals surface area contributed by atoms with E-state index in [1.165, 1.54) is 25.7 Å². The third kappa shape index (κ3) is 10.7. The number of pyridine rings is 2.